The number of hydrogen-bond donors (Lipinski definition) is 1. The number of hydrogen-bond acceptors (Lipinski definition) is 2. The molecule has 0 aromatic rings. The number of rotatable bonds is 0. The van der Waals surface area contributed by atoms with E-state index in [-0.39, 0.29) is 0 Å². The van der Waals surface area contributed by atoms with Gasteiger partial charge in [-0.05, 0) is 25.7 Å². The van der Waals surface area contributed by atoms with E-state index in [1.807, 2.05) is 0 Å². The van der Waals surface area contributed by atoms with E-state index in [0.717, 1.165) is 18.6 Å². The molecule has 0 aliphatic heterocycles. The zero-order valence-electron chi connectivity index (χ0n) is 6.64. The van der Waals surface area contributed by atoms with Crippen LogP contribution in [0, 0.1) is 0 Å². The van der Waals surface area contributed by atoms with Gasteiger partial charge in [-0.3, -0.25) is 12.9 Å². The molecule has 6 heteroatoms. The van der Waals surface area contributed by atoms with Gasteiger partial charge in [0.1, 0.15) is 0 Å². The summed E-state index contributed by atoms with van der Waals surface area (Å²) in [5.74, 6) is 0. The lowest BCUT2D eigenvalue weighted by atomic mass is 9.99. The first kappa shape index (κ1) is 11.3. The summed E-state index contributed by atoms with van der Waals surface area (Å²) >= 11 is 0. The molecule has 1 fully saturated rings. The molecule has 0 aromatic heterocycles. The molecule has 70 valence electrons. The van der Waals surface area contributed by atoms with Crippen LogP contribution in [0.1, 0.15) is 32.1 Å². The molecule has 1 aliphatic carbocycles. The van der Waals surface area contributed by atoms with E-state index >= 15 is 0 Å². The predicted molar refractivity (Wildman–Crippen MR) is 41.4 cm³/mol. The fourth-order valence-corrected chi connectivity index (χ4v) is 1.06. The Morgan fingerprint density at radius 1 is 1.08 bits per heavy atom. The highest BCUT2D eigenvalue weighted by Crippen LogP contribution is 2.13. The van der Waals surface area contributed by atoms with Crippen LogP contribution < -0.4 is 0 Å². The van der Waals surface area contributed by atoms with Crippen molar-refractivity contribution in [2.24, 2.45) is 5.16 Å². The molecule has 0 radical (unpaired) electrons. The maximum absolute atomic E-state index is 9.67. The van der Waals surface area contributed by atoms with E-state index in [1.54, 1.807) is 0 Å². The van der Waals surface area contributed by atoms with Gasteiger partial charge < -0.3 is 5.21 Å². The average molecular weight is 181 g/mol. The summed E-state index contributed by atoms with van der Waals surface area (Å²) in [5, 5.41) is 11.4. The predicted octanol–water partition coefficient (Wildman–Crippen LogP) is 2.66. The van der Waals surface area contributed by atoms with Crippen molar-refractivity contribution in [2.75, 3.05) is 0 Å². The van der Waals surface area contributed by atoms with E-state index in [4.69, 9.17) is 5.21 Å². The highest BCUT2D eigenvalue weighted by atomic mass is 19.4. The summed E-state index contributed by atoms with van der Waals surface area (Å²) in [6.45, 7) is 0. The topological polar surface area (TPSA) is 32.6 Å². The maximum Gasteiger partial charge on any atom is 0.762 e. The lowest BCUT2D eigenvalue weighted by molar-refractivity contribution is 0.314. The van der Waals surface area contributed by atoms with Crippen molar-refractivity contribution in [1.82, 2.24) is 0 Å². The molecular formula is C6H11BF3NO. The Labute approximate surface area is 69.7 Å². The van der Waals surface area contributed by atoms with Crippen molar-refractivity contribution >= 4 is 13.3 Å². The molecule has 1 N–H and O–H groups in total. The summed E-state index contributed by atoms with van der Waals surface area (Å²) in [4.78, 5) is 0. The van der Waals surface area contributed by atoms with Gasteiger partial charge in [0.05, 0.1) is 5.71 Å². The quantitative estimate of drug-likeness (QED) is 0.347. The molecule has 1 rings (SSSR count). The summed E-state index contributed by atoms with van der Waals surface area (Å²) in [6, 6.07) is 0. The van der Waals surface area contributed by atoms with Gasteiger partial charge in [-0.15, -0.1) is 0 Å². The molecule has 0 amide bonds. The highest BCUT2D eigenvalue weighted by Gasteiger charge is 2.06. The lowest BCUT2D eigenvalue weighted by Gasteiger charge is -2.08. The van der Waals surface area contributed by atoms with Crippen LogP contribution in [-0.2, 0) is 0 Å². The van der Waals surface area contributed by atoms with Crippen LogP contribution >= 0.6 is 0 Å². The molecule has 0 atom stereocenters. The van der Waals surface area contributed by atoms with Crippen LogP contribution in [0.3, 0.4) is 0 Å². The number of nitrogens with zero attached hydrogens (tertiary/aromatic N) is 1. The standard InChI is InChI=1S/C6H11NO.BF3/c8-7-6-4-2-1-3-5-6;2-1(3)4/h8H,1-5H2;. The monoisotopic (exact) mass is 181 g/mol. The third-order valence-electron chi connectivity index (χ3n) is 1.57. The molecule has 0 bridgehead atoms. The number of oxime groups is 1. The fraction of sp³-hybridized carbons (Fsp3) is 0.833. The molecule has 0 aromatic carbocycles. The van der Waals surface area contributed by atoms with Crippen LogP contribution in [0.5, 0.6) is 0 Å². The van der Waals surface area contributed by atoms with Crippen molar-refractivity contribution in [1.29, 1.82) is 0 Å². The molecule has 0 heterocycles. The van der Waals surface area contributed by atoms with Crippen molar-refractivity contribution in [3.63, 3.8) is 0 Å². The van der Waals surface area contributed by atoms with Gasteiger partial charge in [-0.2, -0.15) is 0 Å². The van der Waals surface area contributed by atoms with Crippen molar-refractivity contribution in [2.45, 2.75) is 32.1 Å². The highest BCUT2D eigenvalue weighted by molar-refractivity contribution is 6.33. The molecule has 1 saturated carbocycles. The van der Waals surface area contributed by atoms with Crippen LogP contribution in [0.4, 0.5) is 12.9 Å². The number of halogens is 3. The van der Waals surface area contributed by atoms with E-state index in [0.29, 0.717) is 0 Å². The van der Waals surface area contributed by atoms with Crippen LogP contribution in [0.2, 0.25) is 0 Å². The van der Waals surface area contributed by atoms with E-state index in [2.05, 4.69) is 5.16 Å². The second-order valence-electron chi connectivity index (χ2n) is 2.47. The summed E-state index contributed by atoms with van der Waals surface area (Å²) in [7, 11) is -3.67. The zero-order chi connectivity index (χ0) is 9.40. The smallest absolute Gasteiger partial charge is 0.411 e. The third-order valence-corrected chi connectivity index (χ3v) is 1.57. The molecule has 1 aliphatic rings. The third kappa shape index (κ3) is 7.43. The Morgan fingerprint density at radius 3 is 1.75 bits per heavy atom. The second kappa shape index (κ2) is 7.00. The lowest BCUT2D eigenvalue weighted by Crippen LogP contribution is -2.03. The Balaban J connectivity index is 0.000000261. The SMILES string of the molecule is FB(F)F.ON=C1CCCCC1. The Bertz CT molecular complexity index is 132. The van der Waals surface area contributed by atoms with Crippen molar-refractivity contribution < 1.29 is 18.2 Å². The minimum absolute atomic E-state index is 0.983. The van der Waals surface area contributed by atoms with E-state index < -0.39 is 7.54 Å². The minimum Gasteiger partial charge on any atom is -0.411 e. The molecule has 0 spiro atoms. The first-order valence-electron chi connectivity index (χ1n) is 3.79. The van der Waals surface area contributed by atoms with Gasteiger partial charge in [0.15, 0.2) is 0 Å². The molecule has 12 heavy (non-hydrogen) atoms. The fourth-order valence-electron chi connectivity index (χ4n) is 1.06. The summed E-state index contributed by atoms with van der Waals surface area (Å²) in [5.41, 5.74) is 0.983. The molecular weight excluding hydrogens is 170 g/mol. The molecule has 0 unspecified atom stereocenters. The molecule has 0 saturated heterocycles. The second-order valence-corrected chi connectivity index (χ2v) is 2.47. The van der Waals surface area contributed by atoms with Gasteiger partial charge >= 0.3 is 7.54 Å². The Morgan fingerprint density at radius 2 is 1.50 bits per heavy atom. The van der Waals surface area contributed by atoms with E-state index in [9.17, 15) is 12.9 Å². The molecule has 2 nitrogen and oxygen atoms in total. The first-order valence-corrected chi connectivity index (χ1v) is 3.79. The Hall–Kier alpha value is -0.675. The summed E-state index contributed by atoms with van der Waals surface area (Å²) < 4.78 is 29.0. The van der Waals surface area contributed by atoms with Crippen LogP contribution in [-0.4, -0.2) is 18.5 Å². The minimum atomic E-state index is -3.67. The van der Waals surface area contributed by atoms with Crippen LogP contribution in [0.15, 0.2) is 5.16 Å². The normalized spacial score (nSPS) is 16.1. The largest absolute Gasteiger partial charge is 0.762 e. The van der Waals surface area contributed by atoms with Gasteiger partial charge in [0, 0.05) is 0 Å². The van der Waals surface area contributed by atoms with Crippen LogP contribution in [0.25, 0.3) is 0 Å². The van der Waals surface area contributed by atoms with Crippen molar-refractivity contribution in [3.8, 4) is 0 Å². The van der Waals surface area contributed by atoms with Gasteiger partial charge in [-0.1, -0.05) is 11.6 Å². The zero-order valence-corrected chi connectivity index (χ0v) is 6.64. The average Bonchev–Trinajstić information content (AvgIpc) is 2.05. The van der Waals surface area contributed by atoms with Gasteiger partial charge in [-0.25, -0.2) is 0 Å². The maximum atomic E-state index is 9.67. The summed E-state index contributed by atoms with van der Waals surface area (Å²) in [6.07, 6.45) is 5.74. The van der Waals surface area contributed by atoms with E-state index in [1.165, 1.54) is 19.3 Å². The Kier molecular flexibility index (Phi) is 6.61. The van der Waals surface area contributed by atoms with Crippen molar-refractivity contribution in [3.05, 3.63) is 0 Å². The van der Waals surface area contributed by atoms with Gasteiger partial charge in [0.25, 0.3) is 0 Å². The van der Waals surface area contributed by atoms with Gasteiger partial charge in [0.2, 0.25) is 0 Å². The first-order chi connectivity index (χ1) is 5.66.